The van der Waals surface area contributed by atoms with Crippen molar-refractivity contribution in [1.82, 2.24) is 25.2 Å². The van der Waals surface area contributed by atoms with E-state index in [0.29, 0.717) is 23.3 Å². The number of hydrogen-bond acceptors (Lipinski definition) is 8. The summed E-state index contributed by atoms with van der Waals surface area (Å²) in [4.78, 5) is 23.0. The van der Waals surface area contributed by atoms with E-state index < -0.39 is 0 Å². The van der Waals surface area contributed by atoms with Crippen molar-refractivity contribution < 1.29 is 9.90 Å². The molecule has 5 N–H and O–H groups in total. The number of piperidine rings is 1. The van der Waals surface area contributed by atoms with Crippen LogP contribution >= 0.6 is 0 Å². The molecule has 1 atom stereocenters. The van der Waals surface area contributed by atoms with E-state index in [1.165, 1.54) is 6.07 Å². The number of benzene rings is 1. The first kappa shape index (κ1) is 17.8. The minimum absolute atomic E-state index is 0.000342. The first-order valence-corrected chi connectivity index (χ1v) is 9.06. The minimum Gasteiger partial charge on any atom is -0.506 e. The second kappa shape index (κ2) is 7.22. The number of nitrogens with zero attached hydrogens (tertiary/aromatic N) is 5. The Labute approximate surface area is 161 Å². The zero-order chi connectivity index (χ0) is 19.7. The number of hydrazine groups is 1. The van der Waals surface area contributed by atoms with Crippen molar-refractivity contribution >= 4 is 34.3 Å². The molecule has 2 aromatic heterocycles. The number of nitrogens with one attached hydrogen (secondary N) is 2. The summed E-state index contributed by atoms with van der Waals surface area (Å²) in [6.07, 6.45) is 5.48. The van der Waals surface area contributed by atoms with Gasteiger partial charge in [0.05, 0.1) is 17.8 Å². The fraction of sp³-hybridized carbons (Fsp3) is 0.333. The van der Waals surface area contributed by atoms with Crippen LogP contribution in [-0.2, 0) is 11.8 Å². The number of anilines is 3. The average Bonchev–Trinajstić information content (AvgIpc) is 3.13. The molecule has 1 amide bonds. The SMILES string of the molecule is Cn1cc(N2CCC[C@@H](C(=O)NNc3nc(N)nc4c(O)cccc34)C2)cn1. The van der Waals surface area contributed by atoms with Crippen LogP contribution in [0.25, 0.3) is 10.9 Å². The molecule has 3 aromatic rings. The van der Waals surface area contributed by atoms with Gasteiger partial charge in [0, 0.05) is 31.7 Å². The van der Waals surface area contributed by atoms with Gasteiger partial charge < -0.3 is 15.7 Å². The van der Waals surface area contributed by atoms with Crippen LogP contribution in [0.4, 0.5) is 17.5 Å². The lowest BCUT2D eigenvalue weighted by molar-refractivity contribution is -0.124. The van der Waals surface area contributed by atoms with E-state index >= 15 is 0 Å². The highest BCUT2D eigenvalue weighted by Gasteiger charge is 2.26. The minimum atomic E-state index is -0.166. The van der Waals surface area contributed by atoms with E-state index in [1.54, 1.807) is 23.0 Å². The van der Waals surface area contributed by atoms with Gasteiger partial charge in [-0.2, -0.15) is 10.1 Å². The van der Waals surface area contributed by atoms with Crippen molar-refractivity contribution in [3.63, 3.8) is 0 Å². The first-order valence-electron chi connectivity index (χ1n) is 9.06. The Morgan fingerprint density at radius 1 is 1.36 bits per heavy atom. The molecular formula is C18H22N8O2. The molecule has 28 heavy (non-hydrogen) atoms. The van der Waals surface area contributed by atoms with Gasteiger partial charge in [0.2, 0.25) is 11.9 Å². The van der Waals surface area contributed by atoms with Crippen LogP contribution < -0.4 is 21.5 Å². The van der Waals surface area contributed by atoms with E-state index in [1.807, 2.05) is 13.2 Å². The number of aromatic nitrogens is 4. The molecule has 1 fully saturated rings. The zero-order valence-corrected chi connectivity index (χ0v) is 15.5. The van der Waals surface area contributed by atoms with Gasteiger partial charge in [-0.05, 0) is 25.0 Å². The largest absolute Gasteiger partial charge is 0.506 e. The van der Waals surface area contributed by atoms with Crippen molar-refractivity contribution in [2.75, 3.05) is 29.1 Å². The summed E-state index contributed by atoms with van der Waals surface area (Å²) < 4.78 is 1.75. The van der Waals surface area contributed by atoms with Crippen LogP contribution in [0.15, 0.2) is 30.6 Å². The standard InChI is InChI=1S/C18H22N8O2/c1-25-10-12(8-20-25)26-7-3-4-11(9-26)17(28)24-23-16-13-5-2-6-14(27)15(13)21-18(19)22-16/h2,5-6,8,10-11,27H,3-4,7,9H2,1H3,(H,24,28)(H3,19,21,22,23)/t11-/m1/s1. The van der Waals surface area contributed by atoms with Crippen molar-refractivity contribution in [3.05, 3.63) is 30.6 Å². The molecule has 0 radical (unpaired) electrons. The van der Waals surface area contributed by atoms with Crippen LogP contribution in [-0.4, -0.2) is 43.9 Å². The molecule has 0 aliphatic carbocycles. The second-order valence-electron chi connectivity index (χ2n) is 6.88. The summed E-state index contributed by atoms with van der Waals surface area (Å²) in [6.45, 7) is 1.52. The number of fused-ring (bicyclic) bond motifs is 1. The van der Waals surface area contributed by atoms with E-state index in [4.69, 9.17) is 5.73 Å². The van der Waals surface area contributed by atoms with Gasteiger partial charge in [0.15, 0.2) is 5.82 Å². The van der Waals surface area contributed by atoms with Crippen LogP contribution in [0.1, 0.15) is 12.8 Å². The molecule has 1 saturated heterocycles. The number of aromatic hydroxyl groups is 1. The topological polar surface area (TPSA) is 134 Å². The summed E-state index contributed by atoms with van der Waals surface area (Å²) >= 11 is 0. The number of para-hydroxylation sites is 1. The lowest BCUT2D eigenvalue weighted by Crippen LogP contribution is -2.44. The second-order valence-corrected chi connectivity index (χ2v) is 6.88. The van der Waals surface area contributed by atoms with E-state index in [0.717, 1.165) is 25.1 Å². The third-order valence-electron chi connectivity index (χ3n) is 4.88. The third kappa shape index (κ3) is 3.48. The number of phenols is 1. The molecular weight excluding hydrogens is 360 g/mol. The number of aryl methyl sites for hydroxylation is 1. The number of hydrogen-bond donors (Lipinski definition) is 4. The Balaban J connectivity index is 1.46. The first-order chi connectivity index (χ1) is 13.5. The molecule has 146 valence electrons. The quantitative estimate of drug-likeness (QED) is 0.491. The predicted octanol–water partition coefficient (Wildman–Crippen LogP) is 1.01. The highest BCUT2D eigenvalue weighted by molar-refractivity contribution is 5.94. The number of carbonyl (C=O) groups is 1. The number of phenolic OH excluding ortho intramolecular Hbond substituents is 1. The maximum absolute atomic E-state index is 12.7. The van der Waals surface area contributed by atoms with Crippen LogP contribution in [0.2, 0.25) is 0 Å². The Morgan fingerprint density at radius 3 is 3.00 bits per heavy atom. The smallest absolute Gasteiger partial charge is 0.243 e. The van der Waals surface area contributed by atoms with Gasteiger partial charge in [-0.15, -0.1) is 0 Å². The lowest BCUT2D eigenvalue weighted by Gasteiger charge is -2.32. The molecule has 0 unspecified atom stereocenters. The number of nitrogens with two attached hydrogens (primary N) is 1. The summed E-state index contributed by atoms with van der Waals surface area (Å²) in [6, 6.07) is 4.94. The zero-order valence-electron chi connectivity index (χ0n) is 15.5. The van der Waals surface area contributed by atoms with Gasteiger partial charge >= 0.3 is 0 Å². The van der Waals surface area contributed by atoms with Crippen LogP contribution in [0.3, 0.4) is 0 Å². The highest BCUT2D eigenvalue weighted by atomic mass is 16.3. The van der Waals surface area contributed by atoms with Crippen molar-refractivity contribution in [1.29, 1.82) is 0 Å². The fourth-order valence-electron chi connectivity index (χ4n) is 3.47. The van der Waals surface area contributed by atoms with Gasteiger partial charge in [-0.25, -0.2) is 4.98 Å². The maximum Gasteiger partial charge on any atom is 0.243 e. The molecule has 0 spiro atoms. The van der Waals surface area contributed by atoms with Gasteiger partial charge in [-0.1, -0.05) is 6.07 Å². The maximum atomic E-state index is 12.7. The predicted molar refractivity (Wildman–Crippen MR) is 106 cm³/mol. The van der Waals surface area contributed by atoms with Crippen molar-refractivity contribution in [2.24, 2.45) is 13.0 Å². The number of rotatable bonds is 4. The summed E-state index contributed by atoms with van der Waals surface area (Å²) in [5.41, 5.74) is 12.6. The molecule has 1 aromatic carbocycles. The van der Waals surface area contributed by atoms with Crippen LogP contribution in [0, 0.1) is 5.92 Å². The normalized spacial score (nSPS) is 16.9. The van der Waals surface area contributed by atoms with E-state index in [2.05, 4.69) is 30.8 Å². The Hall–Kier alpha value is -3.56. The molecule has 10 heteroatoms. The monoisotopic (exact) mass is 382 g/mol. The molecule has 10 nitrogen and oxygen atoms in total. The summed E-state index contributed by atoms with van der Waals surface area (Å²) in [5.74, 6) is 0.0533. The molecule has 3 heterocycles. The molecule has 0 bridgehead atoms. The van der Waals surface area contributed by atoms with Gasteiger partial charge in [0.1, 0.15) is 11.3 Å². The van der Waals surface area contributed by atoms with E-state index in [9.17, 15) is 9.90 Å². The third-order valence-corrected chi connectivity index (χ3v) is 4.88. The molecule has 4 rings (SSSR count). The fourth-order valence-corrected chi connectivity index (χ4v) is 3.47. The Kier molecular flexibility index (Phi) is 4.60. The highest BCUT2D eigenvalue weighted by Crippen LogP contribution is 2.28. The lowest BCUT2D eigenvalue weighted by atomic mass is 9.97. The van der Waals surface area contributed by atoms with Gasteiger partial charge in [0.25, 0.3) is 0 Å². The molecule has 0 saturated carbocycles. The van der Waals surface area contributed by atoms with E-state index in [-0.39, 0.29) is 23.5 Å². The van der Waals surface area contributed by atoms with Crippen molar-refractivity contribution in [3.8, 4) is 5.75 Å². The number of amides is 1. The Morgan fingerprint density at radius 2 is 2.21 bits per heavy atom. The molecule has 1 aliphatic rings. The van der Waals surface area contributed by atoms with Gasteiger partial charge in [-0.3, -0.25) is 20.3 Å². The summed E-state index contributed by atoms with van der Waals surface area (Å²) in [7, 11) is 1.87. The number of nitrogen functional groups attached to an aromatic ring is 1. The summed E-state index contributed by atoms with van der Waals surface area (Å²) in [5, 5.41) is 14.7. The average molecular weight is 382 g/mol. The van der Waals surface area contributed by atoms with Crippen LogP contribution in [0.5, 0.6) is 5.75 Å². The van der Waals surface area contributed by atoms with Crippen molar-refractivity contribution in [2.45, 2.75) is 12.8 Å². The number of carbonyl (C=O) groups excluding carboxylic acids is 1. The molecule has 1 aliphatic heterocycles. The Bertz CT molecular complexity index is 1020.